The quantitative estimate of drug-likeness (QED) is 0.754. The van der Waals surface area contributed by atoms with Crippen LogP contribution in [0.1, 0.15) is 11.6 Å². The molecule has 0 aromatic heterocycles. The number of hydrogen-bond acceptors (Lipinski definition) is 2. The largest absolute Gasteiger partial charge is 0.377 e. The molecule has 2 aromatic carbocycles. The highest BCUT2D eigenvalue weighted by Crippen LogP contribution is 2.28. The third-order valence-electron chi connectivity index (χ3n) is 2.77. The third-order valence-corrected chi connectivity index (χ3v) is 4.51. The molecule has 0 saturated carbocycles. The smallest absolute Gasteiger partial charge is 0.0636 e. The maximum Gasteiger partial charge on any atom is 0.0636 e. The molecule has 2 nitrogen and oxygen atoms in total. The fraction of sp³-hybridized carbons (Fsp3) is 0.143. The molecule has 100 valence electrons. The Morgan fingerprint density at radius 1 is 1.11 bits per heavy atom. The molecule has 3 N–H and O–H groups in total. The molecule has 0 amide bonds. The van der Waals surface area contributed by atoms with E-state index in [9.17, 15) is 0 Å². The van der Waals surface area contributed by atoms with Gasteiger partial charge >= 0.3 is 0 Å². The number of rotatable bonds is 4. The molecule has 0 aliphatic heterocycles. The minimum Gasteiger partial charge on any atom is -0.377 e. The summed E-state index contributed by atoms with van der Waals surface area (Å²) in [5.74, 6) is 0. The van der Waals surface area contributed by atoms with Gasteiger partial charge in [0.1, 0.15) is 0 Å². The Morgan fingerprint density at radius 3 is 2.37 bits per heavy atom. The summed E-state index contributed by atoms with van der Waals surface area (Å²) in [7, 11) is 0. The van der Waals surface area contributed by atoms with Gasteiger partial charge in [0.15, 0.2) is 0 Å². The maximum absolute atomic E-state index is 5.98. The number of nitrogens with two attached hydrogens (primary N) is 1. The zero-order valence-electron chi connectivity index (χ0n) is 10.0. The van der Waals surface area contributed by atoms with Crippen LogP contribution >= 0.6 is 43.5 Å². The van der Waals surface area contributed by atoms with E-state index in [1.54, 1.807) is 0 Å². The van der Waals surface area contributed by atoms with E-state index < -0.39 is 0 Å². The summed E-state index contributed by atoms with van der Waals surface area (Å²) in [5, 5.41) is 4.10. The van der Waals surface area contributed by atoms with Crippen molar-refractivity contribution < 1.29 is 0 Å². The van der Waals surface area contributed by atoms with Gasteiger partial charge in [-0.1, -0.05) is 39.7 Å². The Labute approximate surface area is 134 Å². The van der Waals surface area contributed by atoms with Crippen LogP contribution in [-0.4, -0.2) is 6.54 Å². The van der Waals surface area contributed by atoms with Gasteiger partial charge in [-0.2, -0.15) is 0 Å². The third kappa shape index (κ3) is 3.96. The van der Waals surface area contributed by atoms with Crippen molar-refractivity contribution in [2.75, 3.05) is 11.9 Å². The lowest BCUT2D eigenvalue weighted by molar-refractivity contribution is 0.790. The molecule has 0 fully saturated rings. The molecule has 0 aliphatic carbocycles. The van der Waals surface area contributed by atoms with Gasteiger partial charge in [-0.15, -0.1) is 0 Å². The maximum atomic E-state index is 5.98. The first-order valence-corrected chi connectivity index (χ1v) is 7.73. The predicted octanol–water partition coefficient (Wildman–Crippen LogP) is 4.98. The molecule has 0 aliphatic rings. The standard InChI is InChI=1S/C14H13Br2ClN2/c15-10-3-1-9(2-4-10)14(8-18)19-11-5-6-13(17)12(16)7-11/h1-7,14,19H,8,18H2. The van der Waals surface area contributed by atoms with Crippen LogP contribution in [0.2, 0.25) is 5.02 Å². The Kier molecular flexibility index (Phi) is 5.28. The van der Waals surface area contributed by atoms with Crippen LogP contribution in [0, 0.1) is 0 Å². The zero-order valence-corrected chi connectivity index (χ0v) is 14.0. The number of nitrogens with one attached hydrogen (secondary N) is 1. The molecule has 0 saturated heterocycles. The molecule has 1 atom stereocenters. The molecular formula is C14H13Br2ClN2. The van der Waals surface area contributed by atoms with Crippen LogP contribution < -0.4 is 11.1 Å². The Balaban J connectivity index is 2.18. The van der Waals surface area contributed by atoms with E-state index in [4.69, 9.17) is 17.3 Å². The van der Waals surface area contributed by atoms with Crippen molar-refractivity contribution in [1.29, 1.82) is 0 Å². The average Bonchev–Trinajstić information content (AvgIpc) is 2.41. The van der Waals surface area contributed by atoms with Crippen molar-refractivity contribution in [3.63, 3.8) is 0 Å². The van der Waals surface area contributed by atoms with Crippen LogP contribution in [0.3, 0.4) is 0 Å². The van der Waals surface area contributed by atoms with E-state index >= 15 is 0 Å². The fourth-order valence-electron chi connectivity index (χ4n) is 1.76. The summed E-state index contributed by atoms with van der Waals surface area (Å²) in [5.41, 5.74) is 7.98. The minimum atomic E-state index is 0.0705. The van der Waals surface area contributed by atoms with E-state index in [1.807, 2.05) is 30.3 Å². The van der Waals surface area contributed by atoms with E-state index in [0.29, 0.717) is 11.6 Å². The summed E-state index contributed by atoms with van der Waals surface area (Å²) >= 11 is 12.8. The van der Waals surface area contributed by atoms with Gasteiger partial charge in [-0.25, -0.2) is 0 Å². The summed E-state index contributed by atoms with van der Waals surface area (Å²) in [6.45, 7) is 0.516. The van der Waals surface area contributed by atoms with Gasteiger partial charge in [-0.3, -0.25) is 0 Å². The summed E-state index contributed by atoms with van der Waals surface area (Å²) in [4.78, 5) is 0. The fourth-order valence-corrected chi connectivity index (χ4v) is 2.52. The van der Waals surface area contributed by atoms with Crippen molar-refractivity contribution in [3.05, 3.63) is 62.0 Å². The molecule has 0 spiro atoms. The molecule has 0 radical (unpaired) electrons. The second-order valence-corrected chi connectivity index (χ2v) is 6.29. The van der Waals surface area contributed by atoms with Crippen LogP contribution in [0.5, 0.6) is 0 Å². The minimum absolute atomic E-state index is 0.0705. The van der Waals surface area contributed by atoms with Crippen LogP contribution in [0.15, 0.2) is 51.4 Å². The van der Waals surface area contributed by atoms with Gasteiger partial charge in [0.2, 0.25) is 0 Å². The van der Waals surface area contributed by atoms with Gasteiger partial charge in [-0.05, 0) is 51.8 Å². The van der Waals surface area contributed by atoms with Crippen molar-refractivity contribution in [1.82, 2.24) is 0 Å². The number of benzene rings is 2. The van der Waals surface area contributed by atoms with E-state index in [0.717, 1.165) is 20.2 Å². The Morgan fingerprint density at radius 2 is 1.79 bits per heavy atom. The first kappa shape index (κ1) is 14.9. The molecule has 0 heterocycles. The molecule has 1 unspecified atom stereocenters. The van der Waals surface area contributed by atoms with Gasteiger partial charge in [0.05, 0.1) is 11.1 Å². The van der Waals surface area contributed by atoms with Gasteiger partial charge in [0, 0.05) is 21.2 Å². The van der Waals surface area contributed by atoms with Gasteiger partial charge in [0.25, 0.3) is 0 Å². The molecule has 5 heteroatoms. The summed E-state index contributed by atoms with van der Waals surface area (Å²) in [6.07, 6.45) is 0. The van der Waals surface area contributed by atoms with Crippen molar-refractivity contribution in [2.24, 2.45) is 5.73 Å². The highest BCUT2D eigenvalue weighted by Gasteiger charge is 2.10. The normalized spacial score (nSPS) is 12.2. The van der Waals surface area contributed by atoms with E-state index in [2.05, 4.69) is 49.3 Å². The number of halogens is 3. The van der Waals surface area contributed by atoms with Gasteiger partial charge < -0.3 is 11.1 Å². The lowest BCUT2D eigenvalue weighted by Crippen LogP contribution is -2.20. The number of hydrogen-bond donors (Lipinski definition) is 2. The first-order chi connectivity index (χ1) is 9.10. The highest BCUT2D eigenvalue weighted by molar-refractivity contribution is 9.10. The predicted molar refractivity (Wildman–Crippen MR) is 88.7 cm³/mol. The second-order valence-electron chi connectivity index (χ2n) is 4.11. The molecule has 0 bridgehead atoms. The van der Waals surface area contributed by atoms with Crippen LogP contribution in [-0.2, 0) is 0 Å². The lowest BCUT2D eigenvalue weighted by Gasteiger charge is -2.19. The SMILES string of the molecule is NCC(Nc1ccc(Cl)c(Br)c1)c1ccc(Br)cc1. The Bertz CT molecular complexity index is 558. The number of anilines is 1. The molecule has 2 rings (SSSR count). The average molecular weight is 405 g/mol. The topological polar surface area (TPSA) is 38.0 Å². The summed E-state index contributed by atoms with van der Waals surface area (Å²) < 4.78 is 1.92. The molecule has 19 heavy (non-hydrogen) atoms. The Hall–Kier alpha value is -0.550. The second kappa shape index (κ2) is 6.75. The van der Waals surface area contributed by atoms with Crippen molar-refractivity contribution >= 4 is 49.1 Å². The molecular weight excluding hydrogens is 391 g/mol. The van der Waals surface area contributed by atoms with E-state index in [-0.39, 0.29) is 6.04 Å². The van der Waals surface area contributed by atoms with E-state index in [1.165, 1.54) is 0 Å². The monoisotopic (exact) mass is 402 g/mol. The first-order valence-electron chi connectivity index (χ1n) is 5.77. The zero-order chi connectivity index (χ0) is 13.8. The van der Waals surface area contributed by atoms with Crippen LogP contribution in [0.25, 0.3) is 0 Å². The molecule has 2 aromatic rings. The highest BCUT2D eigenvalue weighted by atomic mass is 79.9. The summed E-state index contributed by atoms with van der Waals surface area (Å²) in [6, 6.07) is 13.9. The van der Waals surface area contributed by atoms with Crippen molar-refractivity contribution in [3.8, 4) is 0 Å². The van der Waals surface area contributed by atoms with Crippen molar-refractivity contribution in [2.45, 2.75) is 6.04 Å². The lowest BCUT2D eigenvalue weighted by atomic mass is 10.1. The van der Waals surface area contributed by atoms with Crippen LogP contribution in [0.4, 0.5) is 5.69 Å².